The van der Waals surface area contributed by atoms with Gasteiger partial charge in [-0.1, -0.05) is 0 Å². The van der Waals surface area contributed by atoms with E-state index in [1.165, 1.54) is 11.8 Å². The minimum atomic E-state index is -0.172. The molecule has 2 heterocycles. The molecule has 3 N–H and O–H groups in total. The molecule has 1 fully saturated rings. The van der Waals surface area contributed by atoms with Gasteiger partial charge in [-0.15, -0.1) is 5.10 Å². The predicted octanol–water partition coefficient (Wildman–Crippen LogP) is 1.82. The van der Waals surface area contributed by atoms with E-state index < -0.39 is 0 Å². The van der Waals surface area contributed by atoms with Crippen LogP contribution in [0.4, 0.5) is 5.69 Å². The lowest BCUT2D eigenvalue weighted by molar-refractivity contribution is 0.232. The molecule has 1 aliphatic carbocycles. The van der Waals surface area contributed by atoms with Crippen LogP contribution in [0.1, 0.15) is 32.7 Å². The van der Waals surface area contributed by atoms with E-state index in [4.69, 9.17) is 10.5 Å². The van der Waals surface area contributed by atoms with Crippen molar-refractivity contribution in [3.8, 4) is 5.88 Å². The van der Waals surface area contributed by atoms with Gasteiger partial charge in [0.2, 0.25) is 5.88 Å². The molecule has 0 radical (unpaired) electrons. The average molecular weight is 307 g/mol. The first-order valence-corrected chi connectivity index (χ1v) is 7.64. The maximum absolute atomic E-state index is 11.7. The number of nitrogen functional groups attached to an aromatic ring is 1. The summed E-state index contributed by atoms with van der Waals surface area (Å²) in [5, 5.41) is 7.87. The summed E-state index contributed by atoms with van der Waals surface area (Å²) >= 11 is 1.33. The van der Waals surface area contributed by atoms with Crippen LogP contribution in [0, 0.1) is 0 Å². The highest BCUT2D eigenvalue weighted by Crippen LogP contribution is 2.37. The molecular weight excluding hydrogens is 290 g/mol. The Morgan fingerprint density at radius 3 is 2.90 bits per heavy atom. The number of nitrogens with two attached hydrogens (primary N) is 1. The highest BCUT2D eigenvalue weighted by atomic mass is 32.2. The number of aromatic amines is 1. The fourth-order valence-electron chi connectivity index (χ4n) is 1.92. The van der Waals surface area contributed by atoms with Crippen molar-refractivity contribution in [2.24, 2.45) is 0 Å². The van der Waals surface area contributed by atoms with Gasteiger partial charge in [0.25, 0.3) is 0 Å². The quantitative estimate of drug-likeness (QED) is 0.874. The first-order valence-electron chi connectivity index (χ1n) is 6.82. The molecule has 0 atom stereocenters. The molecule has 0 bridgehead atoms. The van der Waals surface area contributed by atoms with Crippen molar-refractivity contribution in [3.63, 3.8) is 0 Å². The molecule has 2 aromatic heterocycles. The Morgan fingerprint density at radius 1 is 1.48 bits per heavy atom. The van der Waals surface area contributed by atoms with Crippen LogP contribution >= 0.6 is 11.8 Å². The molecule has 0 aliphatic heterocycles. The van der Waals surface area contributed by atoms with E-state index in [0.29, 0.717) is 21.7 Å². The maximum Gasteiger partial charge on any atom is 0.344 e. The third kappa shape index (κ3) is 3.05. The average Bonchev–Trinajstić information content (AvgIpc) is 3.18. The van der Waals surface area contributed by atoms with Crippen LogP contribution in [0.15, 0.2) is 27.1 Å². The maximum atomic E-state index is 11.7. The normalized spacial score (nSPS) is 14.6. The van der Waals surface area contributed by atoms with Gasteiger partial charge >= 0.3 is 5.69 Å². The number of hydrogen-bond donors (Lipinski definition) is 2. The Hall–Kier alpha value is -1.96. The number of anilines is 1. The van der Waals surface area contributed by atoms with Crippen molar-refractivity contribution in [2.75, 3.05) is 5.73 Å². The zero-order valence-electron chi connectivity index (χ0n) is 11.9. The standard InChI is InChI=1S/C13H17N5O2S/c1-7(2)20-11-9(14)5-6-10(15-11)21-13-17-16-12(19)18(13)8-3-4-8/h5-8H,3-4,14H2,1-2H3,(H,16,19). The van der Waals surface area contributed by atoms with Crippen LogP contribution in [-0.2, 0) is 0 Å². The van der Waals surface area contributed by atoms with E-state index in [2.05, 4.69) is 15.2 Å². The fourth-order valence-corrected chi connectivity index (χ4v) is 2.79. The van der Waals surface area contributed by atoms with Crippen molar-refractivity contribution in [2.45, 2.75) is 49.0 Å². The van der Waals surface area contributed by atoms with Gasteiger partial charge in [-0.25, -0.2) is 14.9 Å². The molecule has 0 amide bonds. The van der Waals surface area contributed by atoms with Crippen molar-refractivity contribution in [3.05, 3.63) is 22.6 Å². The Kier molecular flexibility index (Phi) is 3.62. The molecule has 1 saturated carbocycles. The minimum Gasteiger partial charge on any atom is -0.473 e. The zero-order chi connectivity index (χ0) is 15.0. The summed E-state index contributed by atoms with van der Waals surface area (Å²) in [6.45, 7) is 3.83. The number of H-pyrrole nitrogens is 1. The van der Waals surface area contributed by atoms with Crippen molar-refractivity contribution in [1.82, 2.24) is 19.7 Å². The number of rotatable bonds is 5. The lowest BCUT2D eigenvalue weighted by atomic mass is 10.4. The summed E-state index contributed by atoms with van der Waals surface area (Å²) in [4.78, 5) is 16.1. The third-order valence-electron chi connectivity index (χ3n) is 2.99. The number of ether oxygens (including phenoxy) is 1. The largest absolute Gasteiger partial charge is 0.473 e. The summed E-state index contributed by atoms with van der Waals surface area (Å²) in [7, 11) is 0. The molecule has 0 unspecified atom stereocenters. The Morgan fingerprint density at radius 2 is 2.24 bits per heavy atom. The second-order valence-corrected chi connectivity index (χ2v) is 6.21. The smallest absolute Gasteiger partial charge is 0.344 e. The minimum absolute atomic E-state index is 0.00456. The molecule has 2 aromatic rings. The summed E-state index contributed by atoms with van der Waals surface area (Å²) in [5.41, 5.74) is 6.17. The summed E-state index contributed by atoms with van der Waals surface area (Å²) in [6, 6.07) is 3.81. The molecule has 0 spiro atoms. The highest BCUT2D eigenvalue weighted by molar-refractivity contribution is 7.99. The number of pyridine rings is 1. The first-order chi connectivity index (χ1) is 10.0. The number of aromatic nitrogens is 4. The van der Waals surface area contributed by atoms with E-state index in [0.717, 1.165) is 12.8 Å². The van der Waals surface area contributed by atoms with Crippen LogP contribution in [0.3, 0.4) is 0 Å². The van der Waals surface area contributed by atoms with Gasteiger partial charge < -0.3 is 10.5 Å². The van der Waals surface area contributed by atoms with Gasteiger partial charge in [0.05, 0.1) is 11.8 Å². The lowest BCUT2D eigenvalue weighted by Gasteiger charge is -2.11. The van der Waals surface area contributed by atoms with Crippen LogP contribution in [0.5, 0.6) is 5.88 Å². The van der Waals surface area contributed by atoms with E-state index in [-0.39, 0.29) is 17.8 Å². The van der Waals surface area contributed by atoms with Crippen molar-refractivity contribution >= 4 is 17.4 Å². The van der Waals surface area contributed by atoms with Gasteiger partial charge in [-0.05, 0) is 50.6 Å². The molecule has 21 heavy (non-hydrogen) atoms. The van der Waals surface area contributed by atoms with Crippen LogP contribution in [0.25, 0.3) is 0 Å². The van der Waals surface area contributed by atoms with Crippen LogP contribution in [0.2, 0.25) is 0 Å². The number of nitrogens with one attached hydrogen (secondary N) is 1. The number of hydrogen-bond acceptors (Lipinski definition) is 6. The predicted molar refractivity (Wildman–Crippen MR) is 79.7 cm³/mol. The van der Waals surface area contributed by atoms with E-state index in [1.54, 1.807) is 16.7 Å². The number of nitrogens with zero attached hydrogens (tertiary/aromatic N) is 3. The third-order valence-corrected chi connectivity index (χ3v) is 3.90. The highest BCUT2D eigenvalue weighted by Gasteiger charge is 2.29. The van der Waals surface area contributed by atoms with Gasteiger partial charge in [0.1, 0.15) is 5.03 Å². The molecule has 8 heteroatoms. The van der Waals surface area contributed by atoms with Gasteiger partial charge in [0, 0.05) is 6.04 Å². The van der Waals surface area contributed by atoms with Crippen molar-refractivity contribution < 1.29 is 4.74 Å². The molecule has 0 saturated heterocycles. The van der Waals surface area contributed by atoms with E-state index in [9.17, 15) is 4.79 Å². The van der Waals surface area contributed by atoms with E-state index >= 15 is 0 Å². The monoisotopic (exact) mass is 307 g/mol. The molecule has 0 aromatic carbocycles. The van der Waals surface area contributed by atoms with E-state index in [1.807, 2.05) is 13.8 Å². The topological polar surface area (TPSA) is 98.8 Å². The summed E-state index contributed by atoms with van der Waals surface area (Å²) < 4.78 is 7.26. The summed E-state index contributed by atoms with van der Waals surface area (Å²) in [5.74, 6) is 0.408. The molecule has 7 nitrogen and oxygen atoms in total. The lowest BCUT2D eigenvalue weighted by Crippen LogP contribution is -2.16. The summed E-state index contributed by atoms with van der Waals surface area (Å²) in [6.07, 6.45) is 2.03. The molecular formula is C13H17N5O2S. The molecule has 3 rings (SSSR count). The fraction of sp³-hybridized carbons (Fsp3) is 0.462. The second-order valence-electron chi connectivity index (χ2n) is 5.23. The molecule has 1 aliphatic rings. The Bertz CT molecular complexity index is 705. The van der Waals surface area contributed by atoms with Crippen molar-refractivity contribution in [1.29, 1.82) is 0 Å². The Labute approximate surface area is 125 Å². The van der Waals surface area contributed by atoms with Crippen LogP contribution in [-0.4, -0.2) is 25.9 Å². The van der Waals surface area contributed by atoms with Gasteiger partial charge in [-0.2, -0.15) is 0 Å². The van der Waals surface area contributed by atoms with Gasteiger partial charge in [-0.3, -0.25) is 4.57 Å². The van der Waals surface area contributed by atoms with Crippen LogP contribution < -0.4 is 16.2 Å². The molecule has 112 valence electrons. The Balaban J connectivity index is 1.86. The van der Waals surface area contributed by atoms with Gasteiger partial charge in [0.15, 0.2) is 5.16 Å². The second kappa shape index (κ2) is 5.44. The SMILES string of the molecule is CC(C)Oc1nc(Sc2n[nH]c(=O)n2C2CC2)ccc1N. The zero-order valence-corrected chi connectivity index (χ0v) is 12.7. The first kappa shape index (κ1) is 14.0.